The number of ether oxygens (including phenoxy) is 1. The molecular weight excluding hydrogens is 202 g/mol. The fourth-order valence-electron chi connectivity index (χ4n) is 1.54. The summed E-state index contributed by atoms with van der Waals surface area (Å²) in [5, 5.41) is 8.84. The van der Waals surface area contributed by atoms with Gasteiger partial charge in [-0.25, -0.2) is 4.98 Å². The molecule has 1 aromatic heterocycles. The van der Waals surface area contributed by atoms with Crippen LogP contribution in [-0.4, -0.2) is 16.7 Å². The number of nitriles is 1. The second-order valence-electron chi connectivity index (χ2n) is 3.37. The van der Waals surface area contributed by atoms with Crippen molar-refractivity contribution in [2.24, 2.45) is 7.05 Å². The quantitative estimate of drug-likeness (QED) is 0.766. The van der Waals surface area contributed by atoms with E-state index in [4.69, 9.17) is 10.00 Å². The molecule has 0 unspecified atom stereocenters. The van der Waals surface area contributed by atoms with Gasteiger partial charge >= 0.3 is 0 Å². The highest BCUT2D eigenvalue weighted by Gasteiger charge is 2.08. The Morgan fingerprint density at radius 3 is 2.88 bits per heavy atom. The maximum absolute atomic E-state index is 8.84. The fraction of sp³-hybridized carbons (Fsp3) is 0.167. The van der Waals surface area contributed by atoms with Crippen LogP contribution in [0.15, 0.2) is 30.5 Å². The van der Waals surface area contributed by atoms with E-state index in [1.807, 2.05) is 31.3 Å². The SMILES string of the molecule is COc1cccc(-c2ncc(C#N)n2C)c1. The van der Waals surface area contributed by atoms with Gasteiger partial charge in [-0.15, -0.1) is 0 Å². The second kappa shape index (κ2) is 4.07. The lowest BCUT2D eigenvalue weighted by atomic mass is 10.2. The zero-order valence-electron chi connectivity index (χ0n) is 9.14. The Hall–Kier alpha value is -2.28. The molecule has 0 atom stereocenters. The maximum Gasteiger partial charge on any atom is 0.140 e. The molecule has 80 valence electrons. The minimum atomic E-state index is 0.540. The monoisotopic (exact) mass is 213 g/mol. The summed E-state index contributed by atoms with van der Waals surface area (Å²) < 4.78 is 6.91. The molecule has 0 saturated heterocycles. The highest BCUT2D eigenvalue weighted by atomic mass is 16.5. The largest absolute Gasteiger partial charge is 0.497 e. The predicted octanol–water partition coefficient (Wildman–Crippen LogP) is 1.97. The Kier molecular flexibility index (Phi) is 2.61. The molecule has 2 aromatic rings. The Morgan fingerprint density at radius 1 is 1.44 bits per heavy atom. The molecular formula is C12H11N3O. The van der Waals surface area contributed by atoms with Crippen molar-refractivity contribution in [1.82, 2.24) is 9.55 Å². The van der Waals surface area contributed by atoms with Gasteiger partial charge in [-0.05, 0) is 12.1 Å². The van der Waals surface area contributed by atoms with E-state index in [1.165, 1.54) is 0 Å². The topological polar surface area (TPSA) is 50.8 Å². The molecule has 0 aliphatic heterocycles. The summed E-state index contributed by atoms with van der Waals surface area (Å²) in [5.74, 6) is 1.54. The molecule has 1 heterocycles. The minimum absolute atomic E-state index is 0.540. The average molecular weight is 213 g/mol. The molecule has 0 N–H and O–H groups in total. The number of benzene rings is 1. The van der Waals surface area contributed by atoms with Crippen LogP contribution in [0, 0.1) is 11.3 Å². The van der Waals surface area contributed by atoms with Crippen LogP contribution in [0.3, 0.4) is 0 Å². The van der Waals surface area contributed by atoms with Crippen LogP contribution in [0.25, 0.3) is 11.4 Å². The Morgan fingerprint density at radius 2 is 2.25 bits per heavy atom. The standard InChI is InChI=1S/C12H11N3O/c1-15-10(7-13)8-14-12(15)9-4-3-5-11(6-9)16-2/h3-6,8H,1-2H3. The molecule has 0 radical (unpaired) electrons. The Labute approximate surface area is 93.7 Å². The van der Waals surface area contributed by atoms with Gasteiger partial charge in [0.15, 0.2) is 0 Å². The number of imidazole rings is 1. The van der Waals surface area contributed by atoms with Crippen LogP contribution in [0.5, 0.6) is 5.75 Å². The van der Waals surface area contributed by atoms with E-state index in [2.05, 4.69) is 11.1 Å². The molecule has 0 spiro atoms. The molecule has 0 amide bonds. The van der Waals surface area contributed by atoms with Gasteiger partial charge in [0.2, 0.25) is 0 Å². The van der Waals surface area contributed by atoms with Gasteiger partial charge < -0.3 is 9.30 Å². The number of hydrogen-bond acceptors (Lipinski definition) is 3. The van der Waals surface area contributed by atoms with E-state index in [-0.39, 0.29) is 0 Å². The molecule has 2 rings (SSSR count). The molecule has 0 bridgehead atoms. The van der Waals surface area contributed by atoms with Gasteiger partial charge in [-0.1, -0.05) is 12.1 Å². The lowest BCUT2D eigenvalue weighted by Gasteiger charge is -2.04. The van der Waals surface area contributed by atoms with E-state index in [1.54, 1.807) is 17.9 Å². The van der Waals surface area contributed by atoms with E-state index in [0.29, 0.717) is 5.69 Å². The lowest BCUT2D eigenvalue weighted by molar-refractivity contribution is 0.415. The summed E-state index contributed by atoms with van der Waals surface area (Å²) in [7, 11) is 3.44. The normalized spacial score (nSPS) is 9.81. The van der Waals surface area contributed by atoms with Crippen LogP contribution >= 0.6 is 0 Å². The van der Waals surface area contributed by atoms with Gasteiger partial charge in [0, 0.05) is 12.6 Å². The first-order valence-electron chi connectivity index (χ1n) is 4.82. The van der Waals surface area contributed by atoms with E-state index < -0.39 is 0 Å². The second-order valence-corrected chi connectivity index (χ2v) is 3.37. The van der Waals surface area contributed by atoms with Crippen molar-refractivity contribution in [2.75, 3.05) is 7.11 Å². The van der Waals surface area contributed by atoms with Crippen LogP contribution in [0.4, 0.5) is 0 Å². The van der Waals surface area contributed by atoms with Crippen molar-refractivity contribution >= 4 is 0 Å². The zero-order chi connectivity index (χ0) is 11.5. The average Bonchev–Trinajstić information content (AvgIpc) is 2.70. The molecule has 4 heteroatoms. The molecule has 0 aliphatic carbocycles. The van der Waals surface area contributed by atoms with Crippen LogP contribution in [0.1, 0.15) is 5.69 Å². The van der Waals surface area contributed by atoms with Crippen LogP contribution < -0.4 is 4.74 Å². The Bertz CT molecular complexity index is 552. The lowest BCUT2D eigenvalue weighted by Crippen LogP contribution is -1.95. The highest BCUT2D eigenvalue weighted by Crippen LogP contribution is 2.22. The molecule has 0 fully saturated rings. The minimum Gasteiger partial charge on any atom is -0.497 e. The number of methoxy groups -OCH3 is 1. The van der Waals surface area contributed by atoms with Gasteiger partial charge in [-0.2, -0.15) is 5.26 Å². The van der Waals surface area contributed by atoms with Crippen molar-refractivity contribution in [3.63, 3.8) is 0 Å². The number of aromatic nitrogens is 2. The van der Waals surface area contributed by atoms with E-state index in [0.717, 1.165) is 17.1 Å². The van der Waals surface area contributed by atoms with Crippen molar-refractivity contribution < 1.29 is 4.74 Å². The third-order valence-electron chi connectivity index (χ3n) is 2.43. The summed E-state index contributed by atoms with van der Waals surface area (Å²) in [5.41, 5.74) is 1.47. The smallest absolute Gasteiger partial charge is 0.140 e. The van der Waals surface area contributed by atoms with E-state index in [9.17, 15) is 0 Å². The molecule has 1 aromatic carbocycles. The van der Waals surface area contributed by atoms with Crippen molar-refractivity contribution in [1.29, 1.82) is 5.26 Å². The fourth-order valence-corrected chi connectivity index (χ4v) is 1.54. The summed E-state index contributed by atoms with van der Waals surface area (Å²) in [6.45, 7) is 0. The zero-order valence-corrected chi connectivity index (χ0v) is 9.14. The first-order chi connectivity index (χ1) is 7.76. The van der Waals surface area contributed by atoms with Crippen LogP contribution in [0.2, 0.25) is 0 Å². The maximum atomic E-state index is 8.84. The summed E-state index contributed by atoms with van der Waals surface area (Å²) in [4.78, 5) is 4.22. The van der Waals surface area contributed by atoms with Gasteiger partial charge in [0.25, 0.3) is 0 Å². The van der Waals surface area contributed by atoms with Crippen molar-refractivity contribution in [2.45, 2.75) is 0 Å². The molecule has 0 saturated carbocycles. The van der Waals surface area contributed by atoms with Crippen LogP contribution in [-0.2, 0) is 7.05 Å². The molecule has 4 nitrogen and oxygen atoms in total. The van der Waals surface area contributed by atoms with Gasteiger partial charge in [-0.3, -0.25) is 0 Å². The van der Waals surface area contributed by atoms with Gasteiger partial charge in [0.05, 0.1) is 13.3 Å². The van der Waals surface area contributed by atoms with Crippen molar-refractivity contribution in [3.05, 3.63) is 36.2 Å². The summed E-state index contributed by atoms with van der Waals surface area (Å²) in [6.07, 6.45) is 1.56. The summed E-state index contributed by atoms with van der Waals surface area (Å²) in [6, 6.07) is 9.68. The number of nitrogens with zero attached hydrogens (tertiary/aromatic N) is 3. The third kappa shape index (κ3) is 1.63. The molecule has 16 heavy (non-hydrogen) atoms. The number of hydrogen-bond donors (Lipinski definition) is 0. The van der Waals surface area contributed by atoms with Crippen molar-refractivity contribution in [3.8, 4) is 23.2 Å². The third-order valence-corrected chi connectivity index (χ3v) is 2.43. The molecule has 0 aliphatic rings. The number of rotatable bonds is 2. The Balaban J connectivity index is 2.51. The predicted molar refractivity (Wildman–Crippen MR) is 59.9 cm³/mol. The first kappa shape index (κ1) is 10.2. The highest BCUT2D eigenvalue weighted by molar-refractivity contribution is 5.59. The first-order valence-corrected chi connectivity index (χ1v) is 4.82. The van der Waals surface area contributed by atoms with E-state index >= 15 is 0 Å². The summed E-state index contributed by atoms with van der Waals surface area (Å²) >= 11 is 0. The van der Waals surface area contributed by atoms with Gasteiger partial charge in [0.1, 0.15) is 23.3 Å².